The summed E-state index contributed by atoms with van der Waals surface area (Å²) in [5.41, 5.74) is 0. The Kier molecular flexibility index (Phi) is 7.08. The third-order valence-electron chi connectivity index (χ3n) is 1.08. The lowest BCUT2D eigenvalue weighted by atomic mass is 10.4. The Morgan fingerprint density at radius 1 is 1.55 bits per heavy atom. The van der Waals surface area contributed by atoms with Crippen molar-refractivity contribution in [1.82, 2.24) is 5.32 Å². The topological polar surface area (TPSA) is 58.6 Å². The molecule has 11 heavy (non-hydrogen) atoms. The van der Waals surface area contributed by atoms with Gasteiger partial charge in [0.25, 0.3) is 0 Å². The minimum absolute atomic E-state index is 0.0211. The van der Waals surface area contributed by atoms with E-state index in [0.29, 0.717) is 19.8 Å². The molecule has 0 saturated heterocycles. The van der Waals surface area contributed by atoms with Gasteiger partial charge < -0.3 is 15.2 Å². The molecule has 0 aliphatic carbocycles. The van der Waals surface area contributed by atoms with E-state index < -0.39 is 0 Å². The number of aliphatic hydroxyl groups excluding tert-OH is 1. The van der Waals surface area contributed by atoms with Gasteiger partial charge in [0.15, 0.2) is 0 Å². The lowest BCUT2D eigenvalue weighted by molar-refractivity contribution is -0.119. The van der Waals surface area contributed by atoms with E-state index >= 15 is 0 Å². The molecule has 0 aliphatic heterocycles. The number of ether oxygens (including phenoxy) is 1. The molecular formula is C7H15NO3. The van der Waals surface area contributed by atoms with Crippen LogP contribution in [0.15, 0.2) is 0 Å². The van der Waals surface area contributed by atoms with Gasteiger partial charge in [0.05, 0.1) is 13.2 Å². The van der Waals surface area contributed by atoms with Crippen LogP contribution in [0.2, 0.25) is 0 Å². The Morgan fingerprint density at radius 2 is 2.27 bits per heavy atom. The first-order valence-corrected chi connectivity index (χ1v) is 3.70. The van der Waals surface area contributed by atoms with Crippen molar-refractivity contribution in [2.24, 2.45) is 0 Å². The summed E-state index contributed by atoms with van der Waals surface area (Å²) in [7, 11) is 0. The van der Waals surface area contributed by atoms with Gasteiger partial charge in [-0.2, -0.15) is 0 Å². The monoisotopic (exact) mass is 161 g/mol. The van der Waals surface area contributed by atoms with Crippen LogP contribution in [0.25, 0.3) is 0 Å². The number of hydrogen-bond acceptors (Lipinski definition) is 3. The molecule has 0 fully saturated rings. The van der Waals surface area contributed by atoms with Gasteiger partial charge in [-0.25, -0.2) is 0 Å². The molecule has 0 atom stereocenters. The van der Waals surface area contributed by atoms with Gasteiger partial charge in [0, 0.05) is 20.1 Å². The second-order valence-electron chi connectivity index (χ2n) is 2.17. The Hall–Kier alpha value is -0.610. The maximum Gasteiger partial charge on any atom is 0.216 e. The van der Waals surface area contributed by atoms with Crippen LogP contribution in [0, 0.1) is 0 Å². The molecule has 0 aliphatic rings. The summed E-state index contributed by atoms with van der Waals surface area (Å²) in [6.07, 6.45) is 0.791. The highest BCUT2D eigenvalue weighted by Gasteiger charge is 1.90. The predicted molar refractivity (Wildman–Crippen MR) is 41.2 cm³/mol. The first kappa shape index (κ1) is 10.4. The van der Waals surface area contributed by atoms with Gasteiger partial charge >= 0.3 is 0 Å². The second kappa shape index (κ2) is 7.50. The van der Waals surface area contributed by atoms with Crippen LogP contribution in [0.5, 0.6) is 0 Å². The second-order valence-corrected chi connectivity index (χ2v) is 2.17. The van der Waals surface area contributed by atoms with Crippen LogP contribution in [0.3, 0.4) is 0 Å². The standard InChI is InChI=1S/C7H15NO3/c1-7(10)8-3-2-5-11-6-4-9/h9H,2-6H2,1H3,(H,8,10). The normalized spacial score (nSPS) is 9.64. The van der Waals surface area contributed by atoms with E-state index in [1.807, 2.05) is 0 Å². The molecule has 0 aromatic heterocycles. The largest absolute Gasteiger partial charge is 0.394 e. The van der Waals surface area contributed by atoms with Crippen LogP contribution in [0.1, 0.15) is 13.3 Å². The summed E-state index contributed by atoms with van der Waals surface area (Å²) in [6.45, 7) is 3.14. The average Bonchev–Trinajstić information content (AvgIpc) is 1.96. The molecular weight excluding hydrogens is 146 g/mol. The molecule has 4 nitrogen and oxygen atoms in total. The average molecular weight is 161 g/mol. The zero-order valence-corrected chi connectivity index (χ0v) is 6.80. The van der Waals surface area contributed by atoms with Crippen molar-refractivity contribution in [2.45, 2.75) is 13.3 Å². The first-order chi connectivity index (χ1) is 5.27. The zero-order chi connectivity index (χ0) is 8.53. The van der Waals surface area contributed by atoms with Gasteiger partial charge in [-0.3, -0.25) is 4.79 Å². The number of aliphatic hydroxyl groups is 1. The van der Waals surface area contributed by atoms with E-state index in [1.165, 1.54) is 6.92 Å². The fourth-order valence-electron chi connectivity index (χ4n) is 0.605. The van der Waals surface area contributed by atoms with Crippen molar-refractivity contribution < 1.29 is 14.6 Å². The molecule has 66 valence electrons. The Labute approximate surface area is 66.5 Å². The zero-order valence-electron chi connectivity index (χ0n) is 6.80. The molecule has 4 heteroatoms. The van der Waals surface area contributed by atoms with Crippen LogP contribution >= 0.6 is 0 Å². The van der Waals surface area contributed by atoms with Crippen molar-refractivity contribution in [2.75, 3.05) is 26.4 Å². The molecule has 0 rings (SSSR count). The van der Waals surface area contributed by atoms with Crippen LogP contribution in [0.4, 0.5) is 0 Å². The lowest BCUT2D eigenvalue weighted by Crippen LogP contribution is -2.22. The van der Waals surface area contributed by atoms with Crippen molar-refractivity contribution in [3.63, 3.8) is 0 Å². The lowest BCUT2D eigenvalue weighted by Gasteiger charge is -2.02. The third-order valence-corrected chi connectivity index (χ3v) is 1.08. The van der Waals surface area contributed by atoms with E-state index in [1.54, 1.807) is 0 Å². The number of amides is 1. The van der Waals surface area contributed by atoms with Crippen molar-refractivity contribution >= 4 is 5.91 Å². The fourth-order valence-corrected chi connectivity index (χ4v) is 0.605. The SMILES string of the molecule is CC(=O)NCCCOCCO. The van der Waals surface area contributed by atoms with E-state index in [2.05, 4.69) is 5.32 Å². The summed E-state index contributed by atoms with van der Waals surface area (Å²) in [6, 6.07) is 0. The molecule has 0 heterocycles. The van der Waals surface area contributed by atoms with Crippen LogP contribution in [-0.4, -0.2) is 37.4 Å². The van der Waals surface area contributed by atoms with E-state index in [-0.39, 0.29) is 12.5 Å². The number of nitrogens with one attached hydrogen (secondary N) is 1. The molecule has 0 unspecified atom stereocenters. The summed E-state index contributed by atoms with van der Waals surface area (Å²) >= 11 is 0. The predicted octanol–water partition coefficient (Wildman–Crippen LogP) is -0.479. The van der Waals surface area contributed by atoms with Crippen molar-refractivity contribution in [1.29, 1.82) is 0 Å². The first-order valence-electron chi connectivity index (χ1n) is 3.70. The van der Waals surface area contributed by atoms with Crippen molar-refractivity contribution in [3.05, 3.63) is 0 Å². The summed E-state index contributed by atoms with van der Waals surface area (Å²) in [4.78, 5) is 10.3. The van der Waals surface area contributed by atoms with Crippen molar-refractivity contribution in [3.8, 4) is 0 Å². The summed E-state index contributed by atoms with van der Waals surface area (Å²) in [5.74, 6) is -0.0211. The fraction of sp³-hybridized carbons (Fsp3) is 0.857. The molecule has 2 N–H and O–H groups in total. The van der Waals surface area contributed by atoms with Gasteiger partial charge in [-0.1, -0.05) is 0 Å². The van der Waals surface area contributed by atoms with E-state index in [4.69, 9.17) is 9.84 Å². The third kappa shape index (κ3) is 9.39. The molecule has 0 aromatic rings. The number of rotatable bonds is 6. The molecule has 0 radical (unpaired) electrons. The summed E-state index contributed by atoms with van der Waals surface area (Å²) < 4.78 is 4.96. The maximum absolute atomic E-state index is 10.3. The highest BCUT2D eigenvalue weighted by molar-refractivity contribution is 5.72. The van der Waals surface area contributed by atoms with E-state index in [9.17, 15) is 4.79 Å². The summed E-state index contributed by atoms with van der Waals surface area (Å²) in [5, 5.41) is 11.0. The van der Waals surface area contributed by atoms with Gasteiger partial charge in [-0.15, -0.1) is 0 Å². The highest BCUT2D eigenvalue weighted by Crippen LogP contribution is 1.79. The van der Waals surface area contributed by atoms with Crippen LogP contribution in [-0.2, 0) is 9.53 Å². The Balaban J connectivity index is 2.85. The number of carbonyl (C=O) groups excluding carboxylic acids is 1. The quantitative estimate of drug-likeness (QED) is 0.517. The molecule has 1 amide bonds. The number of hydrogen-bond donors (Lipinski definition) is 2. The Bertz CT molecular complexity index is 106. The molecule has 0 bridgehead atoms. The molecule has 0 spiro atoms. The minimum atomic E-state index is -0.0211. The van der Waals surface area contributed by atoms with Crippen LogP contribution < -0.4 is 5.32 Å². The highest BCUT2D eigenvalue weighted by atomic mass is 16.5. The maximum atomic E-state index is 10.3. The molecule has 0 aromatic carbocycles. The van der Waals surface area contributed by atoms with Gasteiger partial charge in [0.1, 0.15) is 0 Å². The van der Waals surface area contributed by atoms with Gasteiger partial charge in [0.2, 0.25) is 5.91 Å². The smallest absolute Gasteiger partial charge is 0.216 e. The van der Waals surface area contributed by atoms with E-state index in [0.717, 1.165) is 6.42 Å². The Morgan fingerprint density at radius 3 is 2.82 bits per heavy atom. The minimum Gasteiger partial charge on any atom is -0.394 e. The van der Waals surface area contributed by atoms with Gasteiger partial charge in [-0.05, 0) is 6.42 Å². The number of carbonyl (C=O) groups is 1. The molecule has 0 saturated carbocycles.